The molecule has 1 fully saturated rings. The van der Waals surface area contributed by atoms with Gasteiger partial charge in [-0.3, -0.25) is 4.79 Å². The number of carbonyl (C=O) groups excluding carboxylic acids is 1. The van der Waals surface area contributed by atoms with Gasteiger partial charge in [-0.1, -0.05) is 42.5 Å². The van der Waals surface area contributed by atoms with Crippen LogP contribution in [0.5, 0.6) is 0 Å². The zero-order valence-corrected chi connectivity index (χ0v) is 17.1. The summed E-state index contributed by atoms with van der Waals surface area (Å²) in [5, 5.41) is 2.78. The maximum atomic E-state index is 14.2. The molecule has 0 radical (unpaired) electrons. The molecule has 6 heteroatoms. The first-order chi connectivity index (χ1) is 12.7. The van der Waals surface area contributed by atoms with Crippen molar-refractivity contribution < 1.29 is 9.18 Å². The largest absolute Gasteiger partial charge is 0.341 e. The van der Waals surface area contributed by atoms with Gasteiger partial charge in [0.25, 0.3) is 0 Å². The van der Waals surface area contributed by atoms with E-state index in [1.54, 1.807) is 12.1 Å². The van der Waals surface area contributed by atoms with Gasteiger partial charge >= 0.3 is 0 Å². The number of amides is 1. The normalized spacial score (nSPS) is 17.9. The zero-order valence-electron chi connectivity index (χ0n) is 15.4. The van der Waals surface area contributed by atoms with Crippen molar-refractivity contribution in [2.45, 2.75) is 23.0 Å². The van der Waals surface area contributed by atoms with Crippen LogP contribution in [0.15, 0.2) is 59.5 Å². The topological polar surface area (TPSA) is 32.3 Å². The molecule has 0 spiro atoms. The second kappa shape index (κ2) is 10.7. The molecule has 1 aliphatic rings. The van der Waals surface area contributed by atoms with Crippen LogP contribution in [0.25, 0.3) is 0 Å². The van der Waals surface area contributed by atoms with Crippen molar-refractivity contribution >= 4 is 30.1 Å². The minimum atomic E-state index is -0.429. The van der Waals surface area contributed by atoms with Crippen molar-refractivity contribution in [3.8, 4) is 0 Å². The predicted octanol–water partition coefficient (Wildman–Crippen LogP) is 4.54. The first-order valence-corrected chi connectivity index (χ1v) is 9.96. The molecule has 27 heavy (non-hydrogen) atoms. The van der Waals surface area contributed by atoms with Crippen LogP contribution in [0.1, 0.15) is 23.7 Å². The maximum Gasteiger partial charge on any atom is 0.240 e. The third kappa shape index (κ3) is 5.71. The Hall–Kier alpha value is -1.56. The molecule has 0 aliphatic carbocycles. The predicted molar refractivity (Wildman–Crippen MR) is 112 cm³/mol. The number of hydrogen-bond acceptors (Lipinski definition) is 3. The highest BCUT2D eigenvalue weighted by molar-refractivity contribution is 8.00. The lowest BCUT2D eigenvalue weighted by molar-refractivity contribution is -0.132. The number of piperidine rings is 1. The van der Waals surface area contributed by atoms with Gasteiger partial charge in [0.15, 0.2) is 0 Å². The molecule has 2 unspecified atom stereocenters. The van der Waals surface area contributed by atoms with Gasteiger partial charge in [0.1, 0.15) is 11.1 Å². The van der Waals surface area contributed by atoms with Crippen molar-refractivity contribution in [2.75, 3.05) is 26.7 Å². The summed E-state index contributed by atoms with van der Waals surface area (Å²) < 4.78 is 14.2. The number of thioether (sulfide) groups is 1. The number of nitrogens with one attached hydrogen (secondary N) is 1. The molecular weight excluding hydrogens is 383 g/mol. The molecule has 1 aliphatic heterocycles. The van der Waals surface area contributed by atoms with Crippen LogP contribution in [-0.4, -0.2) is 37.5 Å². The summed E-state index contributed by atoms with van der Waals surface area (Å²) >= 11 is 1.30. The van der Waals surface area contributed by atoms with E-state index >= 15 is 0 Å². The Labute approximate surface area is 171 Å². The molecule has 0 saturated carbocycles. The van der Waals surface area contributed by atoms with Crippen LogP contribution in [0.2, 0.25) is 0 Å². The van der Waals surface area contributed by atoms with Gasteiger partial charge in [0.2, 0.25) is 5.91 Å². The van der Waals surface area contributed by atoms with Crippen LogP contribution in [-0.2, 0) is 4.79 Å². The van der Waals surface area contributed by atoms with E-state index in [1.807, 2.05) is 48.3 Å². The van der Waals surface area contributed by atoms with E-state index in [-0.39, 0.29) is 24.1 Å². The number of hydrogen-bond donors (Lipinski definition) is 1. The van der Waals surface area contributed by atoms with E-state index in [0.717, 1.165) is 38.0 Å². The minimum Gasteiger partial charge on any atom is -0.341 e. The van der Waals surface area contributed by atoms with Crippen LogP contribution in [0, 0.1) is 11.7 Å². The van der Waals surface area contributed by atoms with E-state index in [2.05, 4.69) is 5.32 Å². The molecule has 2 atom stereocenters. The van der Waals surface area contributed by atoms with Gasteiger partial charge in [0, 0.05) is 18.0 Å². The molecule has 1 N–H and O–H groups in total. The van der Waals surface area contributed by atoms with E-state index in [9.17, 15) is 9.18 Å². The summed E-state index contributed by atoms with van der Waals surface area (Å²) in [6, 6.07) is 16.4. The molecule has 1 saturated heterocycles. The molecule has 1 amide bonds. The molecule has 3 nitrogen and oxygen atoms in total. The molecule has 3 rings (SSSR count). The summed E-state index contributed by atoms with van der Waals surface area (Å²) in [7, 11) is 1.95. The Bertz CT molecular complexity index is 729. The van der Waals surface area contributed by atoms with Crippen LogP contribution in [0.3, 0.4) is 0 Å². The van der Waals surface area contributed by atoms with Crippen LogP contribution < -0.4 is 5.32 Å². The number of rotatable bonds is 6. The van der Waals surface area contributed by atoms with Crippen LogP contribution >= 0.6 is 24.2 Å². The molecule has 0 bridgehead atoms. The van der Waals surface area contributed by atoms with Gasteiger partial charge < -0.3 is 10.2 Å². The SMILES string of the molecule is CNCC1CCCN(C(=O)C(Sc2ccccc2F)c2ccccc2)C1.Cl. The van der Waals surface area contributed by atoms with E-state index < -0.39 is 5.25 Å². The Morgan fingerprint density at radius 3 is 2.63 bits per heavy atom. The second-order valence-corrected chi connectivity index (χ2v) is 7.84. The van der Waals surface area contributed by atoms with Gasteiger partial charge in [-0.05, 0) is 50.0 Å². The molecule has 0 aromatic heterocycles. The van der Waals surface area contributed by atoms with Crippen molar-refractivity contribution in [1.29, 1.82) is 0 Å². The standard InChI is InChI=1S/C21H25FN2OS.ClH/c1-23-14-16-8-7-13-24(15-16)21(25)20(17-9-3-2-4-10-17)26-19-12-6-5-11-18(19)22;/h2-6,9-12,16,20,23H,7-8,13-15H2,1H3;1H. The van der Waals surface area contributed by atoms with E-state index in [4.69, 9.17) is 0 Å². The second-order valence-electron chi connectivity index (χ2n) is 6.69. The third-order valence-corrected chi connectivity index (χ3v) is 6.03. The average Bonchev–Trinajstić information content (AvgIpc) is 2.68. The lowest BCUT2D eigenvalue weighted by Gasteiger charge is -2.35. The summed E-state index contributed by atoms with van der Waals surface area (Å²) in [4.78, 5) is 15.8. The summed E-state index contributed by atoms with van der Waals surface area (Å²) in [5.41, 5.74) is 0.918. The van der Waals surface area contributed by atoms with Crippen molar-refractivity contribution in [1.82, 2.24) is 10.2 Å². The van der Waals surface area contributed by atoms with Gasteiger partial charge in [-0.15, -0.1) is 24.2 Å². The highest BCUT2D eigenvalue weighted by atomic mass is 35.5. The summed E-state index contributed by atoms with van der Waals surface area (Å²) in [5.74, 6) is 0.274. The van der Waals surface area contributed by atoms with E-state index in [0.29, 0.717) is 10.8 Å². The smallest absolute Gasteiger partial charge is 0.240 e. The first-order valence-electron chi connectivity index (χ1n) is 9.08. The highest BCUT2D eigenvalue weighted by Gasteiger charge is 2.31. The molecule has 2 aromatic rings. The molecule has 146 valence electrons. The summed E-state index contributed by atoms with van der Waals surface area (Å²) in [6.45, 7) is 2.46. The lowest BCUT2D eigenvalue weighted by atomic mass is 9.97. The average molecular weight is 409 g/mol. The maximum absolute atomic E-state index is 14.2. The summed E-state index contributed by atoms with van der Waals surface area (Å²) in [6.07, 6.45) is 2.16. The minimum absolute atomic E-state index is 0. The number of carbonyl (C=O) groups is 1. The quantitative estimate of drug-likeness (QED) is 0.712. The Kier molecular flexibility index (Phi) is 8.61. The molecule has 2 aromatic carbocycles. The number of likely N-dealkylation sites (tertiary alicyclic amines) is 1. The van der Waals surface area contributed by atoms with Crippen molar-refractivity contribution in [2.24, 2.45) is 5.92 Å². The number of benzene rings is 2. The highest BCUT2D eigenvalue weighted by Crippen LogP contribution is 2.38. The lowest BCUT2D eigenvalue weighted by Crippen LogP contribution is -2.44. The third-order valence-electron chi connectivity index (χ3n) is 4.73. The first kappa shape index (κ1) is 21.7. The van der Waals surface area contributed by atoms with Crippen molar-refractivity contribution in [3.05, 3.63) is 66.0 Å². The van der Waals surface area contributed by atoms with E-state index in [1.165, 1.54) is 17.8 Å². The fraction of sp³-hybridized carbons (Fsp3) is 0.381. The Morgan fingerprint density at radius 2 is 1.93 bits per heavy atom. The van der Waals surface area contributed by atoms with Crippen molar-refractivity contribution in [3.63, 3.8) is 0 Å². The Morgan fingerprint density at radius 1 is 1.22 bits per heavy atom. The van der Waals surface area contributed by atoms with Crippen LogP contribution in [0.4, 0.5) is 4.39 Å². The van der Waals surface area contributed by atoms with Gasteiger partial charge in [0.05, 0.1) is 0 Å². The Balaban J connectivity index is 0.00000261. The number of nitrogens with zero attached hydrogens (tertiary/aromatic N) is 1. The zero-order chi connectivity index (χ0) is 18.4. The van der Waals surface area contributed by atoms with Gasteiger partial charge in [-0.2, -0.15) is 0 Å². The fourth-order valence-corrected chi connectivity index (χ4v) is 4.58. The number of halogens is 2. The molecular formula is C21H26ClFN2OS. The molecule has 1 heterocycles. The van der Waals surface area contributed by atoms with Gasteiger partial charge in [-0.25, -0.2) is 4.39 Å². The monoisotopic (exact) mass is 408 g/mol. The fourth-order valence-electron chi connectivity index (χ4n) is 3.44.